The van der Waals surface area contributed by atoms with Gasteiger partial charge in [-0.2, -0.15) is 0 Å². The summed E-state index contributed by atoms with van der Waals surface area (Å²) in [4.78, 5) is 23.8. The van der Waals surface area contributed by atoms with Gasteiger partial charge in [0.15, 0.2) is 6.29 Å². The standard InChI is InChI=1S/C18H23NO5/c1-11(2)10-24-18(21)12(3)19-8-13(9-20)17-15(19)6-14(22-4)7-16(17)23-5/h6-9,11-12H,10H2,1-5H3. The van der Waals surface area contributed by atoms with Crippen LogP contribution in [0.5, 0.6) is 11.5 Å². The van der Waals surface area contributed by atoms with Crippen molar-refractivity contribution in [3.8, 4) is 11.5 Å². The molecule has 0 aliphatic heterocycles. The molecule has 1 aromatic carbocycles. The Morgan fingerprint density at radius 3 is 2.46 bits per heavy atom. The monoisotopic (exact) mass is 333 g/mol. The molecule has 0 amide bonds. The fourth-order valence-electron chi connectivity index (χ4n) is 2.53. The number of carbonyl (C=O) groups excluding carboxylic acids is 2. The maximum atomic E-state index is 12.3. The third-order valence-electron chi connectivity index (χ3n) is 3.80. The number of rotatable bonds is 7. The molecule has 0 radical (unpaired) electrons. The van der Waals surface area contributed by atoms with Gasteiger partial charge in [-0.25, -0.2) is 4.79 Å². The molecule has 6 nitrogen and oxygen atoms in total. The van der Waals surface area contributed by atoms with Crippen molar-refractivity contribution in [2.75, 3.05) is 20.8 Å². The highest BCUT2D eigenvalue weighted by Gasteiger charge is 2.23. The largest absolute Gasteiger partial charge is 0.497 e. The van der Waals surface area contributed by atoms with Crippen LogP contribution in [0.15, 0.2) is 18.3 Å². The minimum Gasteiger partial charge on any atom is -0.497 e. The number of carbonyl (C=O) groups is 2. The molecule has 0 saturated heterocycles. The molecule has 1 unspecified atom stereocenters. The van der Waals surface area contributed by atoms with Crippen molar-refractivity contribution in [3.05, 3.63) is 23.9 Å². The first kappa shape index (κ1) is 17.8. The molecular weight excluding hydrogens is 310 g/mol. The molecule has 0 bridgehead atoms. The Hall–Kier alpha value is -2.50. The number of ether oxygens (including phenoxy) is 3. The number of nitrogens with zero attached hydrogens (tertiary/aromatic N) is 1. The highest BCUT2D eigenvalue weighted by molar-refractivity contribution is 6.02. The van der Waals surface area contributed by atoms with Crippen LogP contribution in [0.25, 0.3) is 10.9 Å². The maximum Gasteiger partial charge on any atom is 0.328 e. The summed E-state index contributed by atoms with van der Waals surface area (Å²) in [5.74, 6) is 1.01. The van der Waals surface area contributed by atoms with Crippen molar-refractivity contribution < 1.29 is 23.8 Å². The van der Waals surface area contributed by atoms with Gasteiger partial charge in [-0.15, -0.1) is 0 Å². The van der Waals surface area contributed by atoms with E-state index in [1.54, 1.807) is 36.9 Å². The van der Waals surface area contributed by atoms with Crippen LogP contribution in [-0.4, -0.2) is 37.6 Å². The number of fused-ring (bicyclic) bond motifs is 1. The van der Waals surface area contributed by atoms with E-state index in [0.717, 1.165) is 6.29 Å². The van der Waals surface area contributed by atoms with E-state index < -0.39 is 6.04 Å². The van der Waals surface area contributed by atoms with Crippen LogP contribution in [0.3, 0.4) is 0 Å². The van der Waals surface area contributed by atoms with Gasteiger partial charge in [-0.1, -0.05) is 13.8 Å². The topological polar surface area (TPSA) is 66.8 Å². The minimum absolute atomic E-state index is 0.258. The predicted molar refractivity (Wildman–Crippen MR) is 90.9 cm³/mol. The van der Waals surface area contributed by atoms with Gasteiger partial charge in [-0.05, 0) is 12.8 Å². The molecule has 0 N–H and O–H groups in total. The number of hydrogen-bond acceptors (Lipinski definition) is 5. The number of hydrogen-bond donors (Lipinski definition) is 0. The third-order valence-corrected chi connectivity index (χ3v) is 3.80. The van der Waals surface area contributed by atoms with E-state index in [0.29, 0.717) is 34.6 Å². The van der Waals surface area contributed by atoms with Crippen molar-refractivity contribution in [2.24, 2.45) is 5.92 Å². The van der Waals surface area contributed by atoms with E-state index in [4.69, 9.17) is 14.2 Å². The Bertz CT molecular complexity index is 747. The summed E-state index contributed by atoms with van der Waals surface area (Å²) in [5.41, 5.74) is 1.13. The second-order valence-corrected chi connectivity index (χ2v) is 6.03. The molecule has 1 heterocycles. The van der Waals surface area contributed by atoms with Gasteiger partial charge < -0.3 is 18.8 Å². The van der Waals surface area contributed by atoms with E-state index in [-0.39, 0.29) is 11.9 Å². The Morgan fingerprint density at radius 2 is 1.92 bits per heavy atom. The van der Waals surface area contributed by atoms with Gasteiger partial charge in [0.05, 0.1) is 31.7 Å². The quantitative estimate of drug-likeness (QED) is 0.575. The van der Waals surface area contributed by atoms with Gasteiger partial charge in [0, 0.05) is 23.9 Å². The van der Waals surface area contributed by atoms with Crippen LogP contribution in [0.2, 0.25) is 0 Å². The first-order chi connectivity index (χ1) is 11.4. The summed E-state index contributed by atoms with van der Waals surface area (Å²) in [7, 11) is 3.08. The number of methoxy groups -OCH3 is 2. The Morgan fingerprint density at radius 1 is 1.21 bits per heavy atom. The molecule has 1 aromatic heterocycles. The van der Waals surface area contributed by atoms with Crippen LogP contribution in [0.1, 0.15) is 37.2 Å². The van der Waals surface area contributed by atoms with Gasteiger partial charge in [0.25, 0.3) is 0 Å². The fourth-order valence-corrected chi connectivity index (χ4v) is 2.53. The summed E-state index contributed by atoms with van der Waals surface area (Å²) >= 11 is 0. The number of benzene rings is 1. The lowest BCUT2D eigenvalue weighted by Crippen LogP contribution is -2.20. The molecule has 0 saturated carbocycles. The molecule has 1 atom stereocenters. The first-order valence-electron chi connectivity index (χ1n) is 7.81. The molecule has 0 spiro atoms. The molecule has 2 aromatic rings. The smallest absolute Gasteiger partial charge is 0.328 e. The van der Waals surface area contributed by atoms with Gasteiger partial charge in [0.1, 0.15) is 17.5 Å². The Labute approximate surface area is 141 Å². The minimum atomic E-state index is -0.572. The summed E-state index contributed by atoms with van der Waals surface area (Å²) in [6.07, 6.45) is 2.39. The number of esters is 1. The summed E-state index contributed by atoms with van der Waals surface area (Å²) in [6, 6.07) is 2.91. The molecule has 130 valence electrons. The zero-order valence-corrected chi connectivity index (χ0v) is 14.7. The fraction of sp³-hybridized carbons (Fsp3) is 0.444. The Balaban J connectivity index is 2.53. The van der Waals surface area contributed by atoms with Crippen LogP contribution >= 0.6 is 0 Å². The highest BCUT2D eigenvalue weighted by atomic mass is 16.5. The van der Waals surface area contributed by atoms with Gasteiger partial charge in [0.2, 0.25) is 0 Å². The van der Waals surface area contributed by atoms with Crippen molar-refractivity contribution in [1.82, 2.24) is 4.57 Å². The normalized spacial score (nSPS) is 12.2. The molecule has 24 heavy (non-hydrogen) atoms. The van der Waals surface area contributed by atoms with E-state index in [1.807, 2.05) is 13.8 Å². The van der Waals surface area contributed by atoms with Crippen LogP contribution in [0, 0.1) is 5.92 Å². The highest BCUT2D eigenvalue weighted by Crippen LogP contribution is 2.36. The number of aldehydes is 1. The second kappa shape index (κ2) is 7.38. The molecule has 6 heteroatoms. The zero-order valence-electron chi connectivity index (χ0n) is 14.7. The van der Waals surface area contributed by atoms with E-state index >= 15 is 0 Å². The molecular formula is C18H23NO5. The van der Waals surface area contributed by atoms with Crippen molar-refractivity contribution >= 4 is 23.2 Å². The lowest BCUT2D eigenvalue weighted by atomic mass is 10.1. The average molecular weight is 333 g/mol. The molecule has 0 aliphatic carbocycles. The average Bonchev–Trinajstić information content (AvgIpc) is 2.96. The molecule has 0 fully saturated rings. The third kappa shape index (κ3) is 3.37. The van der Waals surface area contributed by atoms with Crippen LogP contribution in [-0.2, 0) is 9.53 Å². The zero-order chi connectivity index (χ0) is 17.9. The predicted octanol–water partition coefficient (Wildman–Crippen LogP) is 3.23. The Kier molecular flexibility index (Phi) is 5.49. The van der Waals surface area contributed by atoms with Gasteiger partial charge >= 0.3 is 5.97 Å². The molecule has 2 rings (SSSR count). The number of aromatic nitrogens is 1. The van der Waals surface area contributed by atoms with Gasteiger partial charge in [-0.3, -0.25) is 4.79 Å². The lowest BCUT2D eigenvalue weighted by Gasteiger charge is -2.16. The van der Waals surface area contributed by atoms with Crippen molar-refractivity contribution in [2.45, 2.75) is 26.8 Å². The maximum absolute atomic E-state index is 12.3. The summed E-state index contributed by atoms with van der Waals surface area (Å²) < 4.78 is 17.7. The van der Waals surface area contributed by atoms with E-state index in [2.05, 4.69) is 0 Å². The molecule has 0 aliphatic rings. The lowest BCUT2D eigenvalue weighted by molar-refractivity contribution is -0.148. The summed E-state index contributed by atoms with van der Waals surface area (Å²) in [6.45, 7) is 6.05. The van der Waals surface area contributed by atoms with Crippen molar-refractivity contribution in [1.29, 1.82) is 0 Å². The van der Waals surface area contributed by atoms with E-state index in [1.165, 1.54) is 7.11 Å². The second-order valence-electron chi connectivity index (χ2n) is 6.03. The van der Waals surface area contributed by atoms with Crippen LogP contribution < -0.4 is 9.47 Å². The van der Waals surface area contributed by atoms with Crippen molar-refractivity contribution in [3.63, 3.8) is 0 Å². The van der Waals surface area contributed by atoms with E-state index in [9.17, 15) is 9.59 Å². The summed E-state index contributed by atoms with van der Waals surface area (Å²) in [5, 5.41) is 0.650. The van der Waals surface area contributed by atoms with Crippen LogP contribution in [0.4, 0.5) is 0 Å². The SMILES string of the molecule is COc1cc(OC)c2c(C=O)cn(C(C)C(=O)OCC(C)C)c2c1. The first-order valence-corrected chi connectivity index (χ1v) is 7.81.